The molecule has 0 atom stereocenters. The van der Waals surface area contributed by atoms with Gasteiger partial charge in [-0.2, -0.15) is 5.10 Å². The molecule has 0 saturated heterocycles. The van der Waals surface area contributed by atoms with E-state index in [2.05, 4.69) is 34.6 Å². The highest BCUT2D eigenvalue weighted by atomic mass is 16.2. The Labute approximate surface area is 173 Å². The Morgan fingerprint density at radius 3 is 2.21 bits per heavy atom. The number of carbonyl (C=O) groups excluding carboxylic acids is 2. The lowest BCUT2D eigenvalue weighted by molar-refractivity contribution is -0.116. The Hall–Kier alpha value is -3.15. The minimum atomic E-state index is -0.301. The van der Waals surface area contributed by atoms with Crippen LogP contribution in [0.3, 0.4) is 0 Å². The van der Waals surface area contributed by atoms with Crippen molar-refractivity contribution in [2.75, 3.05) is 23.3 Å². The van der Waals surface area contributed by atoms with Crippen LogP contribution in [-0.2, 0) is 4.79 Å². The summed E-state index contributed by atoms with van der Waals surface area (Å²) in [7, 11) is 0. The fourth-order valence-electron chi connectivity index (χ4n) is 2.86. The summed E-state index contributed by atoms with van der Waals surface area (Å²) in [5.74, 6) is -0.314. The molecule has 0 aliphatic rings. The van der Waals surface area contributed by atoms with Gasteiger partial charge in [0.25, 0.3) is 5.91 Å². The molecule has 0 aliphatic heterocycles. The first-order valence-electron chi connectivity index (χ1n) is 10.2. The minimum absolute atomic E-state index is 0.0133. The van der Waals surface area contributed by atoms with Gasteiger partial charge in [-0.05, 0) is 62.2 Å². The monoisotopic (exact) mass is 394 g/mol. The number of carbonyl (C=O) groups is 2. The van der Waals surface area contributed by atoms with Gasteiger partial charge >= 0.3 is 0 Å². The van der Waals surface area contributed by atoms with E-state index in [4.69, 9.17) is 0 Å². The molecule has 0 aliphatic carbocycles. The van der Waals surface area contributed by atoms with Gasteiger partial charge in [0.2, 0.25) is 5.91 Å². The third kappa shape index (κ3) is 7.07. The van der Waals surface area contributed by atoms with Gasteiger partial charge in [-0.1, -0.05) is 25.5 Å². The first-order valence-corrected chi connectivity index (χ1v) is 10.2. The van der Waals surface area contributed by atoms with Gasteiger partial charge in [-0.15, -0.1) is 0 Å². The van der Waals surface area contributed by atoms with Crippen molar-refractivity contribution in [1.29, 1.82) is 0 Å². The van der Waals surface area contributed by atoms with E-state index in [0.717, 1.165) is 37.2 Å². The van der Waals surface area contributed by atoms with Gasteiger partial charge in [-0.3, -0.25) is 9.59 Å². The number of nitrogens with one attached hydrogen (secondary N) is 2. The number of hydrazone groups is 1. The van der Waals surface area contributed by atoms with Crippen molar-refractivity contribution in [2.24, 2.45) is 5.10 Å². The van der Waals surface area contributed by atoms with Crippen LogP contribution in [0.2, 0.25) is 0 Å². The van der Waals surface area contributed by atoms with Gasteiger partial charge in [0, 0.05) is 36.4 Å². The molecule has 6 heteroatoms. The lowest BCUT2D eigenvalue weighted by Crippen LogP contribution is -2.21. The maximum Gasteiger partial charge on any atom is 0.271 e. The van der Waals surface area contributed by atoms with E-state index in [1.807, 2.05) is 31.2 Å². The number of rotatable bonds is 10. The molecule has 2 N–H and O–H groups in total. The van der Waals surface area contributed by atoms with E-state index >= 15 is 0 Å². The van der Waals surface area contributed by atoms with Crippen molar-refractivity contribution in [1.82, 2.24) is 5.43 Å². The Kier molecular flexibility index (Phi) is 8.89. The highest BCUT2D eigenvalue weighted by Crippen LogP contribution is 2.14. The Morgan fingerprint density at radius 1 is 0.966 bits per heavy atom. The Morgan fingerprint density at radius 2 is 1.62 bits per heavy atom. The van der Waals surface area contributed by atoms with Gasteiger partial charge in [0.05, 0.1) is 6.21 Å². The number of benzene rings is 2. The van der Waals surface area contributed by atoms with Crippen LogP contribution in [0.1, 0.15) is 56.0 Å². The maximum atomic E-state index is 12.2. The van der Waals surface area contributed by atoms with Crippen molar-refractivity contribution >= 4 is 29.4 Å². The van der Waals surface area contributed by atoms with Crippen LogP contribution < -0.4 is 15.6 Å². The molecule has 0 radical (unpaired) electrons. The summed E-state index contributed by atoms with van der Waals surface area (Å²) in [5.41, 5.74) is 5.76. The average Bonchev–Trinajstić information content (AvgIpc) is 2.74. The quantitative estimate of drug-likeness (QED) is 0.463. The smallest absolute Gasteiger partial charge is 0.271 e. The molecule has 154 valence electrons. The number of hydrogen-bond acceptors (Lipinski definition) is 4. The van der Waals surface area contributed by atoms with Crippen molar-refractivity contribution in [3.63, 3.8) is 0 Å². The third-order valence-electron chi connectivity index (χ3n) is 4.59. The summed E-state index contributed by atoms with van der Waals surface area (Å²) >= 11 is 0. The van der Waals surface area contributed by atoms with E-state index in [1.165, 1.54) is 0 Å². The molecule has 0 fully saturated rings. The maximum absolute atomic E-state index is 12.2. The summed E-state index contributed by atoms with van der Waals surface area (Å²) in [4.78, 5) is 26.2. The zero-order chi connectivity index (χ0) is 21.1. The summed E-state index contributed by atoms with van der Waals surface area (Å²) < 4.78 is 0. The highest BCUT2D eigenvalue weighted by Gasteiger charge is 2.06. The number of amides is 2. The standard InChI is InChI=1S/C23H30N4O2/c1-4-7-8-22(28)25-20-13-11-19(12-14-20)23(29)26-24-17-18-9-15-21(16-10-18)27(5-2)6-3/h9-17H,4-8H2,1-3H3,(H,25,28)(H,26,29). The first-order chi connectivity index (χ1) is 14.1. The number of hydrogen-bond donors (Lipinski definition) is 2. The Balaban J connectivity index is 1.87. The number of anilines is 2. The van der Waals surface area contributed by atoms with E-state index in [-0.39, 0.29) is 11.8 Å². The molecule has 0 aromatic heterocycles. The Bertz CT molecular complexity index is 810. The van der Waals surface area contributed by atoms with E-state index in [9.17, 15) is 9.59 Å². The van der Waals surface area contributed by atoms with Gasteiger partial charge in [0.15, 0.2) is 0 Å². The van der Waals surface area contributed by atoms with E-state index in [1.54, 1.807) is 30.5 Å². The summed E-state index contributed by atoms with van der Waals surface area (Å²) in [6.45, 7) is 8.22. The number of nitrogens with zero attached hydrogens (tertiary/aromatic N) is 2. The van der Waals surface area contributed by atoms with Crippen molar-refractivity contribution < 1.29 is 9.59 Å². The summed E-state index contributed by atoms with van der Waals surface area (Å²) in [6, 6.07) is 14.8. The van der Waals surface area contributed by atoms with Crippen molar-refractivity contribution in [2.45, 2.75) is 40.0 Å². The lowest BCUT2D eigenvalue weighted by atomic mass is 10.2. The fraction of sp³-hybridized carbons (Fsp3) is 0.348. The van der Waals surface area contributed by atoms with Crippen LogP contribution in [-0.4, -0.2) is 31.1 Å². The molecule has 2 rings (SSSR count). The fourth-order valence-corrected chi connectivity index (χ4v) is 2.86. The first kappa shape index (κ1) is 22.1. The van der Waals surface area contributed by atoms with Gasteiger partial charge < -0.3 is 10.2 Å². The van der Waals surface area contributed by atoms with Crippen LogP contribution >= 0.6 is 0 Å². The SMILES string of the molecule is CCCCC(=O)Nc1ccc(C(=O)NN=Cc2ccc(N(CC)CC)cc2)cc1. The van der Waals surface area contributed by atoms with E-state index in [0.29, 0.717) is 17.7 Å². The van der Waals surface area contributed by atoms with Gasteiger partial charge in [-0.25, -0.2) is 5.43 Å². The molecular formula is C23H30N4O2. The second-order valence-corrected chi connectivity index (χ2v) is 6.69. The van der Waals surface area contributed by atoms with Crippen LogP contribution in [0.4, 0.5) is 11.4 Å². The molecule has 2 aromatic rings. The molecular weight excluding hydrogens is 364 g/mol. The summed E-state index contributed by atoms with van der Waals surface area (Å²) in [5, 5.41) is 6.85. The largest absolute Gasteiger partial charge is 0.372 e. The number of unbranched alkanes of at least 4 members (excludes halogenated alkanes) is 1. The van der Waals surface area contributed by atoms with Gasteiger partial charge in [0.1, 0.15) is 0 Å². The van der Waals surface area contributed by atoms with Crippen LogP contribution in [0.15, 0.2) is 53.6 Å². The molecule has 2 amide bonds. The molecule has 0 spiro atoms. The highest BCUT2D eigenvalue weighted by molar-refractivity contribution is 5.96. The van der Waals surface area contributed by atoms with Crippen molar-refractivity contribution in [3.8, 4) is 0 Å². The zero-order valence-corrected chi connectivity index (χ0v) is 17.4. The predicted molar refractivity (Wildman–Crippen MR) is 120 cm³/mol. The molecule has 0 bridgehead atoms. The topological polar surface area (TPSA) is 73.8 Å². The lowest BCUT2D eigenvalue weighted by Gasteiger charge is -2.20. The second-order valence-electron chi connectivity index (χ2n) is 6.69. The summed E-state index contributed by atoms with van der Waals surface area (Å²) in [6.07, 6.45) is 3.96. The normalized spacial score (nSPS) is 10.7. The third-order valence-corrected chi connectivity index (χ3v) is 4.59. The molecule has 29 heavy (non-hydrogen) atoms. The molecule has 0 unspecified atom stereocenters. The van der Waals surface area contributed by atoms with Crippen LogP contribution in [0, 0.1) is 0 Å². The predicted octanol–water partition coefficient (Wildman–Crippen LogP) is 4.43. The second kappa shape index (κ2) is 11.6. The van der Waals surface area contributed by atoms with Crippen molar-refractivity contribution in [3.05, 3.63) is 59.7 Å². The van der Waals surface area contributed by atoms with Crippen LogP contribution in [0.5, 0.6) is 0 Å². The zero-order valence-electron chi connectivity index (χ0n) is 17.4. The molecule has 6 nitrogen and oxygen atoms in total. The molecule has 2 aromatic carbocycles. The molecule has 0 heterocycles. The van der Waals surface area contributed by atoms with E-state index < -0.39 is 0 Å². The van der Waals surface area contributed by atoms with Crippen LogP contribution in [0.25, 0.3) is 0 Å². The average molecular weight is 395 g/mol. The minimum Gasteiger partial charge on any atom is -0.372 e. The molecule has 0 saturated carbocycles.